The zero-order chi connectivity index (χ0) is 15.9. The molecule has 1 aromatic carbocycles. The van der Waals surface area contributed by atoms with Gasteiger partial charge in [0.1, 0.15) is 5.69 Å². The SMILES string of the molecule is O=S1(=O)CCCC(Cn2cc(-c3ccc4c(c3)CCC4)nn2)C1. The molecule has 1 fully saturated rings. The third kappa shape index (κ3) is 3.17. The molecule has 1 unspecified atom stereocenters. The minimum absolute atomic E-state index is 0.156. The van der Waals surface area contributed by atoms with Crippen molar-refractivity contribution in [3.63, 3.8) is 0 Å². The summed E-state index contributed by atoms with van der Waals surface area (Å²) in [5, 5.41) is 8.48. The summed E-state index contributed by atoms with van der Waals surface area (Å²) in [7, 11) is -2.87. The number of hydrogen-bond acceptors (Lipinski definition) is 4. The van der Waals surface area contributed by atoms with Crippen molar-refractivity contribution in [3.8, 4) is 11.3 Å². The predicted octanol–water partition coefficient (Wildman–Crippen LogP) is 2.26. The highest BCUT2D eigenvalue weighted by atomic mass is 32.2. The van der Waals surface area contributed by atoms with Gasteiger partial charge >= 0.3 is 0 Å². The summed E-state index contributed by atoms with van der Waals surface area (Å²) in [6, 6.07) is 6.54. The molecule has 1 aliphatic carbocycles. The van der Waals surface area contributed by atoms with Crippen molar-refractivity contribution in [1.82, 2.24) is 15.0 Å². The molecular weight excluding hydrogens is 310 g/mol. The second-order valence-corrected chi connectivity index (χ2v) is 9.01. The van der Waals surface area contributed by atoms with E-state index < -0.39 is 9.84 Å². The Balaban J connectivity index is 1.51. The lowest BCUT2D eigenvalue weighted by molar-refractivity contribution is 0.400. The lowest BCUT2D eigenvalue weighted by Crippen LogP contribution is -2.28. The molecule has 6 heteroatoms. The number of rotatable bonds is 3. The highest BCUT2D eigenvalue weighted by molar-refractivity contribution is 7.91. The summed E-state index contributed by atoms with van der Waals surface area (Å²) in [5.41, 5.74) is 4.86. The highest BCUT2D eigenvalue weighted by Crippen LogP contribution is 2.27. The molecule has 4 rings (SSSR count). The van der Waals surface area contributed by atoms with Gasteiger partial charge in [-0.2, -0.15) is 0 Å². The molecule has 2 aromatic rings. The zero-order valence-electron chi connectivity index (χ0n) is 13.1. The Hall–Kier alpha value is -1.69. The lowest BCUT2D eigenvalue weighted by Gasteiger charge is -2.21. The van der Waals surface area contributed by atoms with Gasteiger partial charge in [-0.15, -0.1) is 5.10 Å². The van der Waals surface area contributed by atoms with Crippen LogP contribution >= 0.6 is 0 Å². The van der Waals surface area contributed by atoms with Crippen LogP contribution in [0.4, 0.5) is 0 Å². The third-order valence-corrected chi connectivity index (χ3v) is 6.83. The normalized spacial score (nSPS) is 22.9. The molecule has 122 valence electrons. The van der Waals surface area contributed by atoms with Crippen LogP contribution in [0.3, 0.4) is 0 Å². The van der Waals surface area contributed by atoms with E-state index in [1.165, 1.54) is 24.0 Å². The Morgan fingerprint density at radius 3 is 2.91 bits per heavy atom. The van der Waals surface area contributed by atoms with Crippen LogP contribution in [0.5, 0.6) is 0 Å². The van der Waals surface area contributed by atoms with Crippen molar-refractivity contribution in [2.75, 3.05) is 11.5 Å². The molecule has 1 atom stereocenters. The molecule has 0 spiro atoms. The smallest absolute Gasteiger partial charge is 0.150 e. The number of sulfone groups is 1. The van der Waals surface area contributed by atoms with E-state index in [4.69, 9.17) is 0 Å². The van der Waals surface area contributed by atoms with Gasteiger partial charge in [0.25, 0.3) is 0 Å². The van der Waals surface area contributed by atoms with Crippen molar-refractivity contribution < 1.29 is 8.42 Å². The Morgan fingerprint density at radius 2 is 2.04 bits per heavy atom. The van der Waals surface area contributed by atoms with E-state index in [-0.39, 0.29) is 11.7 Å². The molecule has 1 saturated heterocycles. The van der Waals surface area contributed by atoms with Gasteiger partial charge in [-0.1, -0.05) is 17.3 Å². The van der Waals surface area contributed by atoms with Gasteiger partial charge in [0.2, 0.25) is 0 Å². The maximum atomic E-state index is 11.7. The molecule has 0 bridgehead atoms. The first-order valence-electron chi connectivity index (χ1n) is 8.32. The Bertz CT molecular complexity index is 826. The topological polar surface area (TPSA) is 64.8 Å². The second-order valence-electron chi connectivity index (χ2n) is 6.79. The molecule has 0 radical (unpaired) electrons. The van der Waals surface area contributed by atoms with Crippen LogP contribution in [-0.2, 0) is 29.2 Å². The van der Waals surface area contributed by atoms with Crippen LogP contribution in [0.1, 0.15) is 30.4 Å². The maximum absolute atomic E-state index is 11.7. The van der Waals surface area contributed by atoms with Gasteiger partial charge in [-0.3, -0.25) is 4.68 Å². The second kappa shape index (κ2) is 5.74. The summed E-state index contributed by atoms with van der Waals surface area (Å²) in [6.07, 6.45) is 7.22. The minimum Gasteiger partial charge on any atom is -0.252 e. The molecule has 1 aromatic heterocycles. The monoisotopic (exact) mass is 331 g/mol. The Morgan fingerprint density at radius 1 is 1.17 bits per heavy atom. The van der Waals surface area contributed by atoms with Crippen molar-refractivity contribution >= 4 is 9.84 Å². The van der Waals surface area contributed by atoms with Crippen molar-refractivity contribution in [2.45, 2.75) is 38.6 Å². The van der Waals surface area contributed by atoms with Gasteiger partial charge in [-0.25, -0.2) is 8.42 Å². The molecule has 0 saturated carbocycles. The average molecular weight is 331 g/mol. The fourth-order valence-electron chi connectivity index (χ4n) is 3.78. The van der Waals surface area contributed by atoms with E-state index in [1.807, 2.05) is 6.20 Å². The number of aromatic nitrogens is 3. The summed E-state index contributed by atoms with van der Waals surface area (Å²) >= 11 is 0. The largest absolute Gasteiger partial charge is 0.252 e. The van der Waals surface area contributed by atoms with E-state index in [0.717, 1.165) is 30.5 Å². The van der Waals surface area contributed by atoms with Gasteiger partial charge in [-0.05, 0) is 55.2 Å². The molecule has 5 nitrogen and oxygen atoms in total. The molecule has 2 heterocycles. The minimum atomic E-state index is -2.87. The zero-order valence-corrected chi connectivity index (χ0v) is 13.9. The number of aryl methyl sites for hydroxylation is 2. The molecule has 1 aliphatic heterocycles. The van der Waals surface area contributed by atoms with Crippen LogP contribution in [0.25, 0.3) is 11.3 Å². The molecule has 0 amide bonds. The van der Waals surface area contributed by atoms with E-state index in [2.05, 4.69) is 28.5 Å². The molecular formula is C17H21N3O2S. The third-order valence-electron chi connectivity index (χ3n) is 4.94. The first-order chi connectivity index (χ1) is 11.1. The molecule has 23 heavy (non-hydrogen) atoms. The van der Waals surface area contributed by atoms with E-state index in [0.29, 0.717) is 12.3 Å². The average Bonchev–Trinajstić information content (AvgIpc) is 3.14. The first kappa shape index (κ1) is 14.9. The molecule has 0 N–H and O–H groups in total. The van der Waals surface area contributed by atoms with Crippen molar-refractivity contribution in [1.29, 1.82) is 0 Å². The summed E-state index contributed by atoms with van der Waals surface area (Å²) in [6.45, 7) is 0.636. The van der Waals surface area contributed by atoms with Gasteiger partial charge in [0.05, 0.1) is 17.7 Å². The van der Waals surface area contributed by atoms with Crippen molar-refractivity contribution in [2.24, 2.45) is 5.92 Å². The van der Waals surface area contributed by atoms with E-state index >= 15 is 0 Å². The van der Waals surface area contributed by atoms with Crippen LogP contribution < -0.4 is 0 Å². The number of nitrogens with zero attached hydrogens (tertiary/aromatic N) is 3. The number of benzene rings is 1. The van der Waals surface area contributed by atoms with E-state index in [1.54, 1.807) is 4.68 Å². The summed E-state index contributed by atoms with van der Waals surface area (Å²) < 4.78 is 25.3. The van der Waals surface area contributed by atoms with Crippen LogP contribution in [0, 0.1) is 5.92 Å². The van der Waals surface area contributed by atoms with Crippen LogP contribution in [-0.4, -0.2) is 34.9 Å². The quantitative estimate of drug-likeness (QED) is 0.865. The summed E-state index contributed by atoms with van der Waals surface area (Å²) in [4.78, 5) is 0. The van der Waals surface area contributed by atoms with Crippen molar-refractivity contribution in [3.05, 3.63) is 35.5 Å². The maximum Gasteiger partial charge on any atom is 0.150 e. The fourth-order valence-corrected chi connectivity index (χ4v) is 5.54. The highest BCUT2D eigenvalue weighted by Gasteiger charge is 2.25. The standard InChI is InChI=1S/C17H21N3O2S/c21-23(22)8-2-3-13(12-23)10-20-11-17(18-19-20)16-7-6-14-4-1-5-15(14)9-16/h6-7,9,11,13H,1-5,8,10,12H2. The number of fused-ring (bicyclic) bond motifs is 1. The fraction of sp³-hybridized carbons (Fsp3) is 0.529. The van der Waals surface area contributed by atoms with Crippen LogP contribution in [0.15, 0.2) is 24.4 Å². The van der Waals surface area contributed by atoms with Gasteiger partial charge < -0.3 is 0 Å². The van der Waals surface area contributed by atoms with E-state index in [9.17, 15) is 8.42 Å². The Labute approximate surface area is 136 Å². The van der Waals surface area contributed by atoms with Crippen LogP contribution in [0.2, 0.25) is 0 Å². The Kier molecular flexibility index (Phi) is 3.71. The first-order valence-corrected chi connectivity index (χ1v) is 10.1. The molecule has 2 aliphatic rings. The van der Waals surface area contributed by atoms with Gasteiger partial charge in [0, 0.05) is 12.1 Å². The predicted molar refractivity (Wildman–Crippen MR) is 88.9 cm³/mol. The number of hydrogen-bond donors (Lipinski definition) is 0. The lowest BCUT2D eigenvalue weighted by atomic mass is 10.0. The van der Waals surface area contributed by atoms with Gasteiger partial charge in [0.15, 0.2) is 9.84 Å². The summed E-state index contributed by atoms with van der Waals surface area (Å²) in [5.74, 6) is 0.769.